The number of amides is 2. The summed E-state index contributed by atoms with van der Waals surface area (Å²) in [6, 6.07) is 14.8. The highest BCUT2D eigenvalue weighted by molar-refractivity contribution is 14.1. The standard InChI is InChI=1S/C17H15IN2O2/c1-12(21)19-15-8-5-13(6-9-15)7-10-17(22)20-16-4-2-3-14(18)11-16/h2-11H,1H3,(H,19,21)(H,20,22)/b10-7+. The van der Waals surface area contributed by atoms with Crippen LogP contribution in [0, 0.1) is 3.57 Å². The second kappa shape index (κ2) is 7.74. The molecule has 2 rings (SSSR count). The van der Waals surface area contributed by atoms with Crippen LogP contribution in [-0.4, -0.2) is 11.8 Å². The number of halogens is 1. The lowest BCUT2D eigenvalue weighted by atomic mass is 10.2. The highest BCUT2D eigenvalue weighted by Gasteiger charge is 1.99. The molecule has 0 atom stereocenters. The Morgan fingerprint density at radius 1 is 1.00 bits per heavy atom. The third kappa shape index (κ3) is 5.33. The summed E-state index contributed by atoms with van der Waals surface area (Å²) >= 11 is 2.19. The van der Waals surface area contributed by atoms with Gasteiger partial charge in [0.15, 0.2) is 0 Å². The zero-order valence-corrected chi connectivity index (χ0v) is 14.1. The van der Waals surface area contributed by atoms with E-state index >= 15 is 0 Å². The number of hydrogen-bond acceptors (Lipinski definition) is 2. The Bertz CT molecular complexity index is 709. The molecule has 2 aromatic carbocycles. The van der Waals surface area contributed by atoms with E-state index < -0.39 is 0 Å². The molecule has 0 aliphatic heterocycles. The molecule has 0 saturated carbocycles. The third-order valence-corrected chi connectivity index (χ3v) is 3.42. The van der Waals surface area contributed by atoms with E-state index in [0.717, 1.165) is 20.5 Å². The van der Waals surface area contributed by atoms with Crippen LogP contribution in [0.4, 0.5) is 11.4 Å². The minimum atomic E-state index is -0.187. The smallest absolute Gasteiger partial charge is 0.248 e. The molecule has 22 heavy (non-hydrogen) atoms. The van der Waals surface area contributed by atoms with Crippen LogP contribution in [0.15, 0.2) is 54.6 Å². The first-order valence-electron chi connectivity index (χ1n) is 6.65. The Morgan fingerprint density at radius 2 is 1.73 bits per heavy atom. The Balaban J connectivity index is 1.96. The van der Waals surface area contributed by atoms with Crippen molar-refractivity contribution in [3.63, 3.8) is 0 Å². The molecular weight excluding hydrogens is 391 g/mol. The van der Waals surface area contributed by atoms with Crippen molar-refractivity contribution in [1.82, 2.24) is 0 Å². The zero-order chi connectivity index (χ0) is 15.9. The number of carbonyl (C=O) groups excluding carboxylic acids is 2. The van der Waals surface area contributed by atoms with E-state index in [4.69, 9.17) is 0 Å². The quantitative estimate of drug-likeness (QED) is 0.598. The lowest BCUT2D eigenvalue weighted by molar-refractivity contribution is -0.114. The van der Waals surface area contributed by atoms with Gasteiger partial charge in [0.25, 0.3) is 0 Å². The molecule has 0 aromatic heterocycles. The highest BCUT2D eigenvalue weighted by atomic mass is 127. The highest BCUT2D eigenvalue weighted by Crippen LogP contribution is 2.13. The van der Waals surface area contributed by atoms with Crippen LogP contribution < -0.4 is 10.6 Å². The fraction of sp³-hybridized carbons (Fsp3) is 0.0588. The van der Waals surface area contributed by atoms with Crippen LogP contribution >= 0.6 is 22.6 Å². The molecule has 0 saturated heterocycles. The monoisotopic (exact) mass is 406 g/mol. The van der Waals surface area contributed by atoms with E-state index in [2.05, 4.69) is 33.2 Å². The molecule has 2 amide bonds. The molecule has 0 heterocycles. The predicted molar refractivity (Wildman–Crippen MR) is 97.6 cm³/mol. The molecule has 0 fully saturated rings. The first kappa shape index (κ1) is 16.2. The average molecular weight is 406 g/mol. The van der Waals surface area contributed by atoms with Gasteiger partial charge >= 0.3 is 0 Å². The lowest BCUT2D eigenvalue weighted by Gasteiger charge is -2.03. The molecule has 112 valence electrons. The lowest BCUT2D eigenvalue weighted by Crippen LogP contribution is -2.07. The van der Waals surface area contributed by atoms with Gasteiger partial charge in [-0.2, -0.15) is 0 Å². The minimum absolute atomic E-state index is 0.111. The van der Waals surface area contributed by atoms with Gasteiger partial charge in [-0.25, -0.2) is 0 Å². The summed E-state index contributed by atoms with van der Waals surface area (Å²) in [6.07, 6.45) is 3.20. The maximum Gasteiger partial charge on any atom is 0.248 e. The van der Waals surface area contributed by atoms with Crippen molar-refractivity contribution in [2.24, 2.45) is 0 Å². The first-order valence-corrected chi connectivity index (χ1v) is 7.73. The Hall–Kier alpha value is -2.15. The van der Waals surface area contributed by atoms with Crippen LogP contribution in [0.25, 0.3) is 6.08 Å². The molecule has 5 heteroatoms. The van der Waals surface area contributed by atoms with Gasteiger partial charge in [0.05, 0.1) is 0 Å². The number of rotatable bonds is 4. The van der Waals surface area contributed by atoms with Gasteiger partial charge in [0.2, 0.25) is 11.8 Å². The Labute approximate surface area is 142 Å². The summed E-state index contributed by atoms with van der Waals surface area (Å²) in [4.78, 5) is 22.8. The summed E-state index contributed by atoms with van der Waals surface area (Å²) in [7, 11) is 0. The maximum atomic E-state index is 11.9. The molecule has 0 aliphatic carbocycles. The average Bonchev–Trinajstić information content (AvgIpc) is 2.46. The van der Waals surface area contributed by atoms with Crippen LogP contribution in [0.2, 0.25) is 0 Å². The fourth-order valence-corrected chi connectivity index (χ4v) is 2.35. The van der Waals surface area contributed by atoms with E-state index in [1.165, 1.54) is 13.0 Å². The summed E-state index contributed by atoms with van der Waals surface area (Å²) in [5.74, 6) is -0.298. The van der Waals surface area contributed by atoms with Crippen LogP contribution in [0.5, 0.6) is 0 Å². The van der Waals surface area contributed by atoms with Crippen molar-refractivity contribution in [2.45, 2.75) is 6.92 Å². The van der Waals surface area contributed by atoms with Gasteiger partial charge in [-0.1, -0.05) is 18.2 Å². The van der Waals surface area contributed by atoms with E-state index in [1.54, 1.807) is 18.2 Å². The SMILES string of the molecule is CC(=O)Nc1ccc(/C=C/C(=O)Nc2cccc(I)c2)cc1. The largest absolute Gasteiger partial charge is 0.326 e. The number of nitrogens with one attached hydrogen (secondary N) is 2. The molecular formula is C17H15IN2O2. The summed E-state index contributed by atoms with van der Waals surface area (Å²) < 4.78 is 1.06. The van der Waals surface area contributed by atoms with Crippen molar-refractivity contribution in [3.05, 3.63) is 63.7 Å². The molecule has 0 unspecified atom stereocenters. The Morgan fingerprint density at radius 3 is 2.36 bits per heavy atom. The molecule has 0 bridgehead atoms. The first-order chi connectivity index (χ1) is 10.5. The van der Waals surface area contributed by atoms with Gasteiger partial charge in [0, 0.05) is 27.9 Å². The third-order valence-electron chi connectivity index (χ3n) is 2.75. The van der Waals surface area contributed by atoms with Crippen LogP contribution in [0.3, 0.4) is 0 Å². The van der Waals surface area contributed by atoms with Crippen molar-refractivity contribution in [2.75, 3.05) is 10.6 Å². The normalized spacial score (nSPS) is 10.5. The van der Waals surface area contributed by atoms with Gasteiger partial charge < -0.3 is 10.6 Å². The molecule has 0 spiro atoms. The van der Waals surface area contributed by atoms with Crippen molar-refractivity contribution in [1.29, 1.82) is 0 Å². The van der Waals surface area contributed by atoms with Gasteiger partial charge in [-0.05, 0) is 64.6 Å². The number of anilines is 2. The van der Waals surface area contributed by atoms with Crippen molar-refractivity contribution < 1.29 is 9.59 Å². The second-order valence-electron chi connectivity index (χ2n) is 4.64. The number of benzene rings is 2. The topological polar surface area (TPSA) is 58.2 Å². The van der Waals surface area contributed by atoms with E-state index in [1.807, 2.05) is 36.4 Å². The minimum Gasteiger partial charge on any atom is -0.326 e. The maximum absolute atomic E-state index is 11.9. The van der Waals surface area contributed by atoms with Crippen LogP contribution in [-0.2, 0) is 9.59 Å². The number of hydrogen-bond donors (Lipinski definition) is 2. The van der Waals surface area contributed by atoms with Gasteiger partial charge in [-0.15, -0.1) is 0 Å². The van der Waals surface area contributed by atoms with Crippen molar-refractivity contribution >= 4 is 51.9 Å². The molecule has 2 aromatic rings. The van der Waals surface area contributed by atoms with E-state index in [0.29, 0.717) is 0 Å². The zero-order valence-electron chi connectivity index (χ0n) is 12.0. The van der Waals surface area contributed by atoms with Gasteiger partial charge in [0.1, 0.15) is 0 Å². The second-order valence-corrected chi connectivity index (χ2v) is 5.88. The van der Waals surface area contributed by atoms with E-state index in [9.17, 15) is 9.59 Å². The molecule has 0 aliphatic rings. The van der Waals surface area contributed by atoms with Crippen molar-refractivity contribution in [3.8, 4) is 0 Å². The predicted octanol–water partition coefficient (Wildman–Crippen LogP) is 3.90. The molecule has 2 N–H and O–H groups in total. The summed E-state index contributed by atoms with van der Waals surface area (Å²) in [5.41, 5.74) is 2.38. The van der Waals surface area contributed by atoms with Crippen LogP contribution in [0.1, 0.15) is 12.5 Å². The Kier molecular flexibility index (Phi) is 5.71. The number of carbonyl (C=O) groups is 2. The summed E-state index contributed by atoms with van der Waals surface area (Å²) in [5, 5.41) is 5.49. The van der Waals surface area contributed by atoms with E-state index in [-0.39, 0.29) is 11.8 Å². The molecule has 0 radical (unpaired) electrons. The van der Waals surface area contributed by atoms with Gasteiger partial charge in [-0.3, -0.25) is 9.59 Å². The fourth-order valence-electron chi connectivity index (χ4n) is 1.80. The summed E-state index contributed by atoms with van der Waals surface area (Å²) in [6.45, 7) is 1.46. The molecule has 4 nitrogen and oxygen atoms in total.